The number of pyridine rings is 1. The Morgan fingerprint density at radius 3 is 2.81 bits per heavy atom. The van der Waals surface area contributed by atoms with Crippen LogP contribution < -0.4 is 0 Å². The number of rotatable bonds is 5. The molecule has 136 valence electrons. The van der Waals surface area contributed by atoms with E-state index in [0.717, 1.165) is 43.0 Å². The van der Waals surface area contributed by atoms with Gasteiger partial charge >= 0.3 is 0 Å². The number of likely N-dealkylation sites (tertiary alicyclic amines) is 1. The van der Waals surface area contributed by atoms with Gasteiger partial charge in [-0.25, -0.2) is 4.98 Å². The molecule has 0 N–H and O–H groups in total. The highest BCUT2D eigenvalue weighted by Gasteiger charge is 2.27. The third-order valence-corrected chi connectivity index (χ3v) is 5.24. The zero-order valence-electron chi connectivity index (χ0n) is 15.3. The number of nitrogens with zero attached hydrogens (tertiary/aromatic N) is 4. The summed E-state index contributed by atoms with van der Waals surface area (Å²) in [5.41, 5.74) is 2.30. The van der Waals surface area contributed by atoms with E-state index in [0.29, 0.717) is 12.2 Å². The second-order valence-corrected chi connectivity index (χ2v) is 6.94. The van der Waals surface area contributed by atoms with Crippen LogP contribution >= 0.6 is 0 Å². The van der Waals surface area contributed by atoms with Crippen molar-refractivity contribution >= 4 is 11.6 Å². The third kappa shape index (κ3) is 3.01. The lowest BCUT2D eigenvalue weighted by molar-refractivity contribution is 0.0784. The summed E-state index contributed by atoms with van der Waals surface area (Å²) in [5.74, 6) is 0.953. The van der Waals surface area contributed by atoms with E-state index in [4.69, 9.17) is 4.42 Å². The van der Waals surface area contributed by atoms with Gasteiger partial charge in [-0.1, -0.05) is 6.07 Å². The van der Waals surface area contributed by atoms with E-state index in [1.165, 1.54) is 0 Å². The van der Waals surface area contributed by atoms with Crippen LogP contribution in [0.2, 0.25) is 0 Å². The van der Waals surface area contributed by atoms with E-state index in [-0.39, 0.29) is 11.9 Å². The number of carbonyl (C=O) groups excluding carboxylic acids is 1. The number of amides is 1. The van der Waals surface area contributed by atoms with Crippen molar-refractivity contribution in [2.24, 2.45) is 0 Å². The normalized spacial score (nSPS) is 15.9. The molecular formula is C20H24N4O2. The smallest absolute Gasteiger partial charge is 0.274 e. The van der Waals surface area contributed by atoms with Crippen molar-refractivity contribution in [2.75, 3.05) is 20.1 Å². The van der Waals surface area contributed by atoms with Crippen LogP contribution in [0.4, 0.5) is 0 Å². The molecular weight excluding hydrogens is 328 g/mol. The highest BCUT2D eigenvalue weighted by molar-refractivity contribution is 5.94. The maximum absolute atomic E-state index is 13.0. The van der Waals surface area contributed by atoms with Crippen molar-refractivity contribution in [1.29, 1.82) is 0 Å². The number of carbonyl (C=O) groups is 1. The van der Waals surface area contributed by atoms with Crippen molar-refractivity contribution in [2.45, 2.75) is 32.4 Å². The number of furan rings is 1. The van der Waals surface area contributed by atoms with Crippen LogP contribution in [0.25, 0.3) is 5.65 Å². The van der Waals surface area contributed by atoms with Gasteiger partial charge in [-0.3, -0.25) is 9.69 Å². The Balaban J connectivity index is 1.68. The van der Waals surface area contributed by atoms with Gasteiger partial charge in [-0.2, -0.15) is 0 Å². The molecule has 6 nitrogen and oxygen atoms in total. The first-order valence-corrected chi connectivity index (χ1v) is 9.14. The molecule has 1 fully saturated rings. The predicted octanol–water partition coefficient (Wildman–Crippen LogP) is 3.36. The zero-order chi connectivity index (χ0) is 18.1. The molecule has 0 aromatic carbocycles. The first-order chi connectivity index (χ1) is 12.6. The lowest BCUT2D eigenvalue weighted by Crippen LogP contribution is -2.30. The SMILES string of the molecule is C[C@@H](c1ccco1)N(C)Cc1c(C(=O)N2CCCC2)nc2ccccn12. The van der Waals surface area contributed by atoms with Crippen molar-refractivity contribution in [3.63, 3.8) is 0 Å². The van der Waals surface area contributed by atoms with E-state index in [1.807, 2.05) is 52.9 Å². The van der Waals surface area contributed by atoms with Gasteiger partial charge in [0.15, 0.2) is 5.69 Å². The van der Waals surface area contributed by atoms with Crippen molar-refractivity contribution < 1.29 is 9.21 Å². The van der Waals surface area contributed by atoms with Crippen LogP contribution in [0.5, 0.6) is 0 Å². The Kier molecular flexibility index (Phi) is 4.51. The molecule has 0 spiro atoms. The summed E-state index contributed by atoms with van der Waals surface area (Å²) >= 11 is 0. The standard InChI is InChI=1S/C20H24N4O2/c1-15(17-8-7-13-26-17)22(2)14-16-19(20(25)23-10-5-6-11-23)21-18-9-3-4-12-24(16)18/h3-4,7-9,12-13,15H,5-6,10-11,14H2,1-2H3/t15-/m0/s1. The summed E-state index contributed by atoms with van der Waals surface area (Å²) < 4.78 is 7.57. The van der Waals surface area contributed by atoms with E-state index in [9.17, 15) is 4.79 Å². The fourth-order valence-electron chi connectivity index (χ4n) is 3.56. The number of fused-ring (bicyclic) bond motifs is 1. The zero-order valence-corrected chi connectivity index (χ0v) is 15.3. The molecule has 0 radical (unpaired) electrons. The number of hydrogen-bond acceptors (Lipinski definition) is 4. The fraction of sp³-hybridized carbons (Fsp3) is 0.400. The minimum Gasteiger partial charge on any atom is -0.468 e. The van der Waals surface area contributed by atoms with Crippen molar-refractivity contribution in [3.05, 3.63) is 59.9 Å². The molecule has 0 aliphatic carbocycles. The van der Waals surface area contributed by atoms with Gasteiger partial charge in [0.05, 0.1) is 18.0 Å². The molecule has 3 aromatic heterocycles. The van der Waals surface area contributed by atoms with Gasteiger partial charge in [-0.05, 0) is 51.1 Å². The molecule has 1 amide bonds. The minimum atomic E-state index is 0.0419. The summed E-state index contributed by atoms with van der Waals surface area (Å²) in [7, 11) is 2.04. The number of aromatic nitrogens is 2. The van der Waals surface area contributed by atoms with Crippen LogP contribution in [0.3, 0.4) is 0 Å². The lowest BCUT2D eigenvalue weighted by Gasteiger charge is -2.23. The first kappa shape index (κ1) is 16.8. The van der Waals surface area contributed by atoms with E-state index in [1.54, 1.807) is 6.26 Å². The molecule has 4 heterocycles. The third-order valence-electron chi connectivity index (χ3n) is 5.24. The van der Waals surface area contributed by atoms with Crippen LogP contribution in [0.1, 0.15) is 47.7 Å². The van der Waals surface area contributed by atoms with Crippen LogP contribution in [-0.4, -0.2) is 45.2 Å². The Hall–Kier alpha value is -2.60. The highest BCUT2D eigenvalue weighted by Crippen LogP contribution is 2.24. The Morgan fingerprint density at radius 2 is 2.08 bits per heavy atom. The Morgan fingerprint density at radius 1 is 1.27 bits per heavy atom. The number of hydrogen-bond donors (Lipinski definition) is 0. The summed E-state index contributed by atoms with van der Waals surface area (Å²) in [4.78, 5) is 21.8. The molecule has 3 aromatic rings. The van der Waals surface area contributed by atoms with Crippen LogP contribution in [0, 0.1) is 0 Å². The molecule has 26 heavy (non-hydrogen) atoms. The summed E-state index contributed by atoms with van der Waals surface area (Å²) in [6, 6.07) is 9.85. The van der Waals surface area contributed by atoms with Gasteiger partial charge < -0.3 is 13.7 Å². The highest BCUT2D eigenvalue weighted by atomic mass is 16.3. The molecule has 1 aliphatic rings. The molecule has 1 aliphatic heterocycles. The van der Waals surface area contributed by atoms with E-state index < -0.39 is 0 Å². The van der Waals surface area contributed by atoms with Crippen molar-refractivity contribution in [3.8, 4) is 0 Å². The van der Waals surface area contributed by atoms with Gasteiger partial charge in [0.2, 0.25) is 0 Å². The monoisotopic (exact) mass is 352 g/mol. The molecule has 1 atom stereocenters. The number of imidazole rings is 1. The average Bonchev–Trinajstić information content (AvgIpc) is 3.41. The minimum absolute atomic E-state index is 0.0419. The molecule has 0 saturated carbocycles. The van der Waals surface area contributed by atoms with Gasteiger partial charge in [0, 0.05) is 25.8 Å². The summed E-state index contributed by atoms with van der Waals surface area (Å²) in [6.45, 7) is 4.36. The Bertz CT molecular complexity index is 894. The van der Waals surface area contributed by atoms with Gasteiger partial charge in [-0.15, -0.1) is 0 Å². The second-order valence-electron chi connectivity index (χ2n) is 6.94. The van der Waals surface area contributed by atoms with E-state index in [2.05, 4.69) is 16.8 Å². The maximum atomic E-state index is 13.0. The van der Waals surface area contributed by atoms with Crippen LogP contribution in [0.15, 0.2) is 47.2 Å². The summed E-state index contributed by atoms with van der Waals surface area (Å²) in [5, 5.41) is 0. The first-order valence-electron chi connectivity index (χ1n) is 9.14. The largest absolute Gasteiger partial charge is 0.468 e. The summed E-state index contributed by atoms with van der Waals surface area (Å²) in [6.07, 6.45) is 5.81. The predicted molar refractivity (Wildman–Crippen MR) is 98.9 cm³/mol. The van der Waals surface area contributed by atoms with E-state index >= 15 is 0 Å². The van der Waals surface area contributed by atoms with Crippen molar-refractivity contribution in [1.82, 2.24) is 19.2 Å². The molecule has 0 bridgehead atoms. The quantitative estimate of drug-likeness (QED) is 0.707. The fourth-order valence-corrected chi connectivity index (χ4v) is 3.56. The van der Waals surface area contributed by atoms with Gasteiger partial charge in [0.25, 0.3) is 5.91 Å². The lowest BCUT2D eigenvalue weighted by atomic mass is 10.2. The average molecular weight is 352 g/mol. The molecule has 6 heteroatoms. The molecule has 4 rings (SSSR count). The maximum Gasteiger partial charge on any atom is 0.274 e. The topological polar surface area (TPSA) is 54.0 Å². The van der Waals surface area contributed by atoms with Gasteiger partial charge in [0.1, 0.15) is 11.4 Å². The van der Waals surface area contributed by atoms with Crippen LogP contribution in [-0.2, 0) is 6.54 Å². The molecule has 0 unspecified atom stereocenters. The second kappa shape index (κ2) is 6.96. The molecule has 1 saturated heterocycles. The Labute approximate surface area is 153 Å².